The van der Waals surface area contributed by atoms with Crippen LogP contribution in [-0.2, 0) is 17.4 Å². The fourth-order valence-corrected chi connectivity index (χ4v) is 2.66. The summed E-state index contributed by atoms with van der Waals surface area (Å²) in [6.07, 6.45) is -12.9. The van der Waals surface area contributed by atoms with Gasteiger partial charge in [-0.15, -0.1) is 0 Å². The van der Waals surface area contributed by atoms with Gasteiger partial charge in [-0.05, 0) is 41.8 Å². The molecular formula is C19H16F7NO2. The van der Waals surface area contributed by atoms with Gasteiger partial charge in [0.05, 0.1) is 17.7 Å². The lowest BCUT2D eigenvalue weighted by Crippen LogP contribution is -2.42. The SMILES string of the molecule is O=C(CC(F)(F)F)NC(Cc1ccc(C(F)(F)F)cc1)C(O)c1ccc(F)cc1. The van der Waals surface area contributed by atoms with E-state index in [2.05, 4.69) is 5.32 Å². The Labute approximate surface area is 161 Å². The van der Waals surface area contributed by atoms with Crippen molar-refractivity contribution < 1.29 is 40.6 Å². The second-order valence-electron chi connectivity index (χ2n) is 6.36. The highest BCUT2D eigenvalue weighted by Crippen LogP contribution is 2.30. The van der Waals surface area contributed by atoms with E-state index in [0.29, 0.717) is 0 Å². The number of carbonyl (C=O) groups is 1. The minimum atomic E-state index is -4.77. The van der Waals surface area contributed by atoms with E-state index in [1.54, 1.807) is 0 Å². The quantitative estimate of drug-likeness (QED) is 0.670. The molecule has 2 aromatic rings. The molecular weight excluding hydrogens is 407 g/mol. The van der Waals surface area contributed by atoms with Gasteiger partial charge in [-0.2, -0.15) is 26.3 Å². The maximum atomic E-state index is 13.1. The molecule has 0 aliphatic heterocycles. The van der Waals surface area contributed by atoms with E-state index in [9.17, 15) is 40.6 Å². The number of carbonyl (C=O) groups excluding carboxylic acids is 1. The van der Waals surface area contributed by atoms with Crippen LogP contribution in [-0.4, -0.2) is 23.2 Å². The molecule has 0 heterocycles. The first kappa shape index (κ1) is 22.7. The van der Waals surface area contributed by atoms with Crippen LogP contribution in [0.5, 0.6) is 0 Å². The number of hydrogen-bond donors (Lipinski definition) is 2. The second-order valence-corrected chi connectivity index (χ2v) is 6.36. The molecule has 0 fully saturated rings. The molecule has 2 aromatic carbocycles. The van der Waals surface area contributed by atoms with Gasteiger partial charge < -0.3 is 10.4 Å². The van der Waals surface area contributed by atoms with Crippen LogP contribution in [0.3, 0.4) is 0 Å². The van der Waals surface area contributed by atoms with E-state index in [1.165, 1.54) is 12.1 Å². The number of amides is 1. The highest BCUT2D eigenvalue weighted by atomic mass is 19.4. The van der Waals surface area contributed by atoms with Crippen molar-refractivity contribution in [2.24, 2.45) is 0 Å². The molecule has 0 bridgehead atoms. The van der Waals surface area contributed by atoms with Crippen LogP contribution in [0.4, 0.5) is 30.7 Å². The highest BCUT2D eigenvalue weighted by molar-refractivity contribution is 5.77. The van der Waals surface area contributed by atoms with Gasteiger partial charge in [0.1, 0.15) is 12.2 Å². The van der Waals surface area contributed by atoms with Crippen molar-refractivity contribution in [2.45, 2.75) is 37.3 Å². The predicted octanol–water partition coefficient (Wildman–Crippen LogP) is 4.56. The average Bonchev–Trinajstić information content (AvgIpc) is 2.59. The number of aliphatic hydroxyl groups is 1. The van der Waals surface area contributed by atoms with E-state index in [-0.39, 0.29) is 17.5 Å². The Morgan fingerprint density at radius 1 is 0.931 bits per heavy atom. The van der Waals surface area contributed by atoms with Crippen LogP contribution < -0.4 is 5.32 Å². The summed E-state index contributed by atoms with van der Waals surface area (Å²) in [6.45, 7) is 0. The van der Waals surface area contributed by atoms with Crippen LogP contribution in [0.1, 0.15) is 29.2 Å². The molecule has 0 saturated carbocycles. The van der Waals surface area contributed by atoms with Gasteiger partial charge in [0.25, 0.3) is 0 Å². The number of nitrogens with one attached hydrogen (secondary N) is 1. The molecule has 0 spiro atoms. The third-order valence-electron chi connectivity index (χ3n) is 4.04. The Balaban J connectivity index is 2.23. The second kappa shape index (κ2) is 8.81. The Morgan fingerprint density at radius 3 is 1.97 bits per heavy atom. The molecule has 2 N–H and O–H groups in total. The number of halogens is 7. The first-order valence-corrected chi connectivity index (χ1v) is 8.31. The summed E-state index contributed by atoms with van der Waals surface area (Å²) < 4.78 is 88.3. The molecule has 29 heavy (non-hydrogen) atoms. The molecule has 158 valence electrons. The smallest absolute Gasteiger partial charge is 0.386 e. The minimum absolute atomic E-state index is 0.121. The summed E-state index contributed by atoms with van der Waals surface area (Å²) in [5, 5.41) is 12.5. The molecule has 2 rings (SSSR count). The standard InChI is InChI=1S/C19H16F7NO2/c20-14-7-3-12(4-8-14)17(29)15(27-16(28)10-18(21,22)23)9-11-1-5-13(6-2-11)19(24,25)26/h1-8,15,17,29H,9-10H2,(H,27,28). The monoisotopic (exact) mass is 423 g/mol. The molecule has 2 atom stereocenters. The zero-order valence-electron chi connectivity index (χ0n) is 14.7. The molecule has 0 aliphatic carbocycles. The van der Waals surface area contributed by atoms with Gasteiger partial charge in [0.2, 0.25) is 5.91 Å². The average molecular weight is 423 g/mol. The van der Waals surface area contributed by atoms with E-state index in [4.69, 9.17) is 0 Å². The van der Waals surface area contributed by atoms with Gasteiger partial charge in [0.15, 0.2) is 0 Å². The minimum Gasteiger partial charge on any atom is -0.386 e. The topological polar surface area (TPSA) is 49.3 Å². The zero-order chi connectivity index (χ0) is 21.8. The summed E-state index contributed by atoms with van der Waals surface area (Å²) >= 11 is 0. The van der Waals surface area contributed by atoms with Gasteiger partial charge in [0, 0.05) is 0 Å². The van der Waals surface area contributed by atoms with Gasteiger partial charge in [-0.3, -0.25) is 4.79 Å². The van der Waals surface area contributed by atoms with Crippen molar-refractivity contribution in [3.05, 3.63) is 71.0 Å². The number of aliphatic hydroxyl groups excluding tert-OH is 1. The highest BCUT2D eigenvalue weighted by Gasteiger charge is 2.34. The fourth-order valence-electron chi connectivity index (χ4n) is 2.66. The van der Waals surface area contributed by atoms with Crippen molar-refractivity contribution in [2.75, 3.05) is 0 Å². The van der Waals surface area contributed by atoms with E-state index < -0.39 is 48.2 Å². The summed E-state index contributed by atoms with van der Waals surface area (Å²) in [4.78, 5) is 11.7. The van der Waals surface area contributed by atoms with E-state index in [0.717, 1.165) is 36.4 Å². The summed E-state index contributed by atoms with van der Waals surface area (Å²) in [6, 6.07) is 6.91. The van der Waals surface area contributed by atoms with Crippen LogP contribution in [0.2, 0.25) is 0 Å². The van der Waals surface area contributed by atoms with Crippen LogP contribution in [0, 0.1) is 5.82 Å². The first-order chi connectivity index (χ1) is 13.3. The lowest BCUT2D eigenvalue weighted by Gasteiger charge is -2.25. The van der Waals surface area contributed by atoms with Crippen LogP contribution in [0.25, 0.3) is 0 Å². The van der Waals surface area contributed by atoms with E-state index in [1.807, 2.05) is 0 Å². The van der Waals surface area contributed by atoms with Crippen molar-refractivity contribution in [1.82, 2.24) is 5.32 Å². The Morgan fingerprint density at radius 2 is 1.48 bits per heavy atom. The van der Waals surface area contributed by atoms with Crippen LogP contribution >= 0.6 is 0 Å². The fraction of sp³-hybridized carbons (Fsp3) is 0.316. The van der Waals surface area contributed by atoms with E-state index >= 15 is 0 Å². The molecule has 2 unspecified atom stereocenters. The summed E-state index contributed by atoms with van der Waals surface area (Å²) in [5.74, 6) is -2.02. The normalized spacial score (nSPS) is 14.3. The molecule has 0 radical (unpaired) electrons. The molecule has 0 aliphatic rings. The number of rotatable bonds is 6. The lowest BCUT2D eigenvalue weighted by molar-refractivity contribution is -0.154. The molecule has 10 heteroatoms. The van der Waals surface area contributed by atoms with Crippen molar-refractivity contribution in [3.8, 4) is 0 Å². The van der Waals surface area contributed by atoms with Gasteiger partial charge in [-0.1, -0.05) is 24.3 Å². The maximum absolute atomic E-state index is 13.1. The number of alkyl halides is 6. The van der Waals surface area contributed by atoms with Crippen molar-refractivity contribution >= 4 is 5.91 Å². The number of hydrogen-bond acceptors (Lipinski definition) is 2. The zero-order valence-corrected chi connectivity index (χ0v) is 14.7. The maximum Gasteiger partial charge on any atom is 0.416 e. The largest absolute Gasteiger partial charge is 0.416 e. The third-order valence-corrected chi connectivity index (χ3v) is 4.04. The van der Waals surface area contributed by atoms with Gasteiger partial charge in [-0.25, -0.2) is 4.39 Å². The molecule has 3 nitrogen and oxygen atoms in total. The first-order valence-electron chi connectivity index (χ1n) is 8.31. The Bertz CT molecular complexity index is 814. The Kier molecular flexibility index (Phi) is 6.89. The summed E-state index contributed by atoms with van der Waals surface area (Å²) in [7, 11) is 0. The van der Waals surface area contributed by atoms with Crippen molar-refractivity contribution in [1.29, 1.82) is 0 Å². The number of benzene rings is 2. The predicted molar refractivity (Wildman–Crippen MR) is 89.1 cm³/mol. The lowest BCUT2D eigenvalue weighted by atomic mass is 9.95. The Hall–Kier alpha value is -2.62. The molecule has 0 aromatic heterocycles. The molecule has 0 saturated heterocycles. The van der Waals surface area contributed by atoms with Crippen LogP contribution in [0.15, 0.2) is 48.5 Å². The summed E-state index contributed by atoms with van der Waals surface area (Å²) in [5.41, 5.74) is -0.551. The molecule has 1 amide bonds. The van der Waals surface area contributed by atoms with Crippen molar-refractivity contribution in [3.63, 3.8) is 0 Å². The van der Waals surface area contributed by atoms with Gasteiger partial charge >= 0.3 is 12.4 Å². The third kappa shape index (κ3) is 7.04.